The van der Waals surface area contributed by atoms with E-state index in [-0.39, 0.29) is 5.56 Å². The number of nitrogens with zero attached hydrogens (tertiary/aromatic N) is 4. The number of hydrogen-bond donors (Lipinski definition) is 0. The second-order valence-corrected chi connectivity index (χ2v) is 9.15. The van der Waals surface area contributed by atoms with Crippen LogP contribution in [0.2, 0.25) is 5.02 Å². The first kappa shape index (κ1) is 20.6. The van der Waals surface area contributed by atoms with Gasteiger partial charge in [0, 0.05) is 5.56 Å². The summed E-state index contributed by atoms with van der Waals surface area (Å²) in [6.45, 7) is 6.45. The molecule has 3 aromatic heterocycles. The third-order valence-corrected chi connectivity index (χ3v) is 7.02. The van der Waals surface area contributed by atoms with Gasteiger partial charge in [0.05, 0.1) is 28.2 Å². The molecule has 0 fully saturated rings. The maximum Gasteiger partial charge on any atom is 0.268 e. The molecular weight excluding hydrogens is 444 g/mol. The van der Waals surface area contributed by atoms with Gasteiger partial charge in [0.25, 0.3) is 11.4 Å². The van der Waals surface area contributed by atoms with Gasteiger partial charge in [0.15, 0.2) is 0 Å². The zero-order chi connectivity index (χ0) is 22.4. The standard InChI is InChI=1S/C24H19ClN4O2S/c1-13-8-9-14(2)16(10-13)11-29-12-26-23-19(24(29)30)15(3)20(32-23)22-27-21(28-31-22)17-6-4-5-7-18(17)25/h4-10,12H,11H2,1-3H3. The average Bonchev–Trinajstić information content (AvgIpc) is 3.38. The molecule has 0 atom stereocenters. The van der Waals surface area contributed by atoms with Gasteiger partial charge in [-0.25, -0.2) is 4.98 Å². The summed E-state index contributed by atoms with van der Waals surface area (Å²) >= 11 is 7.63. The lowest BCUT2D eigenvalue weighted by atomic mass is 10.1. The van der Waals surface area contributed by atoms with E-state index in [9.17, 15) is 4.79 Å². The predicted molar refractivity (Wildman–Crippen MR) is 127 cm³/mol. The summed E-state index contributed by atoms with van der Waals surface area (Å²) in [5, 5.41) is 5.21. The number of hydrogen-bond acceptors (Lipinski definition) is 6. The van der Waals surface area contributed by atoms with Crippen molar-refractivity contribution in [2.75, 3.05) is 0 Å². The Bertz CT molecular complexity index is 1530. The van der Waals surface area contributed by atoms with E-state index in [2.05, 4.69) is 33.3 Å². The molecule has 0 unspecified atom stereocenters. The van der Waals surface area contributed by atoms with Gasteiger partial charge in [-0.1, -0.05) is 52.7 Å². The average molecular weight is 463 g/mol. The Morgan fingerprint density at radius 1 is 1.12 bits per heavy atom. The van der Waals surface area contributed by atoms with E-state index in [0.717, 1.165) is 27.1 Å². The van der Waals surface area contributed by atoms with Crippen LogP contribution in [-0.2, 0) is 6.54 Å². The molecule has 0 amide bonds. The molecule has 8 heteroatoms. The van der Waals surface area contributed by atoms with Gasteiger partial charge in [0.1, 0.15) is 4.83 Å². The Balaban J connectivity index is 1.57. The van der Waals surface area contributed by atoms with Gasteiger partial charge in [0.2, 0.25) is 5.82 Å². The zero-order valence-corrected chi connectivity index (χ0v) is 19.3. The Morgan fingerprint density at radius 2 is 1.94 bits per heavy atom. The van der Waals surface area contributed by atoms with E-state index in [1.54, 1.807) is 17.0 Å². The lowest BCUT2D eigenvalue weighted by Gasteiger charge is -2.09. The van der Waals surface area contributed by atoms with Crippen molar-refractivity contribution in [2.45, 2.75) is 27.3 Å². The van der Waals surface area contributed by atoms with Crippen molar-refractivity contribution in [2.24, 2.45) is 0 Å². The minimum atomic E-state index is -0.0817. The minimum absolute atomic E-state index is 0.0817. The smallest absolute Gasteiger partial charge is 0.268 e. The van der Waals surface area contributed by atoms with Gasteiger partial charge >= 0.3 is 0 Å². The second-order valence-electron chi connectivity index (χ2n) is 7.75. The van der Waals surface area contributed by atoms with Gasteiger partial charge in [-0.05, 0) is 49.6 Å². The van der Waals surface area contributed by atoms with Gasteiger partial charge in [-0.15, -0.1) is 11.3 Å². The van der Waals surface area contributed by atoms with Crippen LogP contribution in [0.25, 0.3) is 32.4 Å². The van der Waals surface area contributed by atoms with Gasteiger partial charge in [-0.3, -0.25) is 9.36 Å². The van der Waals surface area contributed by atoms with Crippen LogP contribution < -0.4 is 5.56 Å². The first-order valence-corrected chi connectivity index (χ1v) is 11.3. The monoisotopic (exact) mass is 462 g/mol. The largest absolute Gasteiger partial charge is 0.333 e. The molecule has 3 heterocycles. The molecule has 0 N–H and O–H groups in total. The first-order chi connectivity index (χ1) is 15.4. The highest BCUT2D eigenvalue weighted by molar-refractivity contribution is 7.22. The van der Waals surface area contributed by atoms with Crippen LogP contribution in [0.4, 0.5) is 0 Å². The molecule has 5 aromatic rings. The number of benzene rings is 2. The van der Waals surface area contributed by atoms with Gasteiger partial charge in [-0.2, -0.15) is 4.98 Å². The zero-order valence-electron chi connectivity index (χ0n) is 17.7. The van der Waals surface area contributed by atoms with Crippen molar-refractivity contribution in [1.29, 1.82) is 0 Å². The van der Waals surface area contributed by atoms with Crippen molar-refractivity contribution >= 4 is 33.2 Å². The lowest BCUT2D eigenvalue weighted by Crippen LogP contribution is -2.21. The fourth-order valence-electron chi connectivity index (χ4n) is 3.70. The SMILES string of the molecule is Cc1ccc(C)c(Cn2cnc3sc(-c4nc(-c5ccccc5Cl)no4)c(C)c3c2=O)c1. The summed E-state index contributed by atoms with van der Waals surface area (Å²) in [4.78, 5) is 23.8. The molecule has 0 bridgehead atoms. The molecule has 0 aliphatic carbocycles. The number of rotatable bonds is 4. The topological polar surface area (TPSA) is 73.8 Å². The summed E-state index contributed by atoms with van der Waals surface area (Å²) < 4.78 is 7.17. The third kappa shape index (κ3) is 3.53. The summed E-state index contributed by atoms with van der Waals surface area (Å²) in [7, 11) is 0. The van der Waals surface area contributed by atoms with Crippen molar-refractivity contribution in [3.8, 4) is 22.2 Å². The molecule has 0 aliphatic rings. The summed E-state index contributed by atoms with van der Waals surface area (Å²) in [5.74, 6) is 0.753. The summed E-state index contributed by atoms with van der Waals surface area (Å²) in [6.07, 6.45) is 1.61. The number of aromatic nitrogens is 4. The van der Waals surface area contributed by atoms with E-state index < -0.39 is 0 Å². The fourth-order valence-corrected chi connectivity index (χ4v) is 4.98. The maximum absolute atomic E-state index is 13.3. The predicted octanol–water partition coefficient (Wildman–Crippen LogP) is 5.80. The van der Waals surface area contributed by atoms with Crippen molar-refractivity contribution in [1.82, 2.24) is 19.7 Å². The van der Waals surface area contributed by atoms with E-state index in [0.29, 0.717) is 39.1 Å². The van der Waals surface area contributed by atoms with E-state index >= 15 is 0 Å². The lowest BCUT2D eigenvalue weighted by molar-refractivity contribution is 0.433. The van der Waals surface area contributed by atoms with Crippen molar-refractivity contribution in [3.05, 3.63) is 86.4 Å². The normalized spacial score (nSPS) is 11.4. The summed E-state index contributed by atoms with van der Waals surface area (Å²) in [5.41, 5.74) is 4.80. The number of thiophene rings is 1. The fraction of sp³-hybridized carbons (Fsp3) is 0.167. The first-order valence-electron chi connectivity index (χ1n) is 10.1. The highest BCUT2D eigenvalue weighted by Gasteiger charge is 2.21. The number of fused-ring (bicyclic) bond motifs is 1. The second kappa shape index (κ2) is 8.00. The van der Waals surface area contributed by atoms with Crippen LogP contribution in [-0.4, -0.2) is 19.7 Å². The molecule has 0 spiro atoms. The summed E-state index contributed by atoms with van der Waals surface area (Å²) in [6, 6.07) is 13.6. The highest BCUT2D eigenvalue weighted by atomic mass is 35.5. The molecule has 0 radical (unpaired) electrons. The molecular formula is C24H19ClN4O2S. The Kier molecular flexibility index (Phi) is 5.15. The van der Waals surface area contributed by atoms with E-state index in [4.69, 9.17) is 16.1 Å². The van der Waals surface area contributed by atoms with Crippen LogP contribution in [0.15, 0.2) is 58.1 Å². The number of halogens is 1. The molecule has 0 saturated carbocycles. The molecule has 5 rings (SSSR count). The van der Waals surface area contributed by atoms with Crippen molar-refractivity contribution < 1.29 is 4.52 Å². The Labute approximate surface area is 193 Å². The Hall–Kier alpha value is -3.29. The highest BCUT2D eigenvalue weighted by Crippen LogP contribution is 2.36. The Morgan fingerprint density at radius 3 is 2.75 bits per heavy atom. The van der Waals surface area contributed by atoms with Crippen LogP contribution in [0, 0.1) is 20.8 Å². The molecule has 32 heavy (non-hydrogen) atoms. The maximum atomic E-state index is 13.3. The van der Waals surface area contributed by atoms with Crippen LogP contribution in [0.3, 0.4) is 0 Å². The van der Waals surface area contributed by atoms with E-state index in [1.807, 2.05) is 39.0 Å². The number of aryl methyl sites for hydroxylation is 3. The quantitative estimate of drug-likeness (QED) is 0.337. The minimum Gasteiger partial charge on any atom is -0.333 e. The van der Waals surface area contributed by atoms with E-state index in [1.165, 1.54) is 11.3 Å². The van der Waals surface area contributed by atoms with Crippen LogP contribution >= 0.6 is 22.9 Å². The molecule has 0 aliphatic heterocycles. The molecule has 2 aromatic carbocycles. The van der Waals surface area contributed by atoms with Crippen molar-refractivity contribution in [3.63, 3.8) is 0 Å². The van der Waals surface area contributed by atoms with Crippen LogP contribution in [0.1, 0.15) is 22.3 Å². The van der Waals surface area contributed by atoms with Gasteiger partial charge < -0.3 is 4.52 Å². The third-order valence-electron chi connectivity index (χ3n) is 5.50. The molecule has 160 valence electrons. The van der Waals surface area contributed by atoms with Crippen LogP contribution in [0.5, 0.6) is 0 Å². The molecule has 6 nitrogen and oxygen atoms in total. The molecule has 0 saturated heterocycles.